The molecule has 0 spiro atoms. The van der Waals surface area contributed by atoms with Gasteiger partial charge in [0.15, 0.2) is 0 Å². The maximum Gasteiger partial charge on any atom is 0.121 e. The number of aliphatic hydroxyl groups excluding tert-OH is 9. The van der Waals surface area contributed by atoms with Gasteiger partial charge in [0.1, 0.15) is 11.2 Å². The van der Waals surface area contributed by atoms with Crippen LogP contribution in [0.5, 0.6) is 0 Å². The highest BCUT2D eigenvalue weighted by molar-refractivity contribution is 5.25. The summed E-state index contributed by atoms with van der Waals surface area (Å²) in [7, 11) is 0. The first-order valence-electron chi connectivity index (χ1n) is 48.2. The second-order valence-electron chi connectivity index (χ2n) is 46.9. The molecule has 30 aliphatic rings. The third-order valence-electron chi connectivity index (χ3n) is 38.4. The minimum atomic E-state index is -0.521. The summed E-state index contributed by atoms with van der Waals surface area (Å²) in [5, 5.41) is 102. The molecule has 0 radical (unpaired) electrons. The van der Waals surface area contributed by atoms with Gasteiger partial charge in [0.25, 0.3) is 0 Å². The molecule has 19 aliphatic carbocycles. The Balaban J connectivity index is 0.0000000933. The highest BCUT2D eigenvalue weighted by atomic mass is 16.6. The summed E-state index contributed by atoms with van der Waals surface area (Å²) in [5.74, 6) is 10.6. The molecule has 30 rings (SSSR count). The Bertz CT molecular complexity index is 3440. The van der Waals surface area contributed by atoms with Gasteiger partial charge in [-0.25, -0.2) is 0 Å². The molecule has 118 heavy (non-hydrogen) atoms. The summed E-state index contributed by atoms with van der Waals surface area (Å²) in [6.07, 6.45) is 38.2. The van der Waals surface area contributed by atoms with Crippen molar-refractivity contribution in [3.63, 3.8) is 0 Å². The zero-order valence-corrected chi connectivity index (χ0v) is 74.7. The van der Waals surface area contributed by atoms with Crippen LogP contribution < -0.4 is 0 Å². The fourth-order valence-corrected chi connectivity index (χ4v) is 28.5. The van der Waals surface area contributed by atoms with Gasteiger partial charge in [0, 0.05) is 77.5 Å². The van der Waals surface area contributed by atoms with Crippen LogP contribution >= 0.6 is 0 Å². The Morgan fingerprint density at radius 2 is 1.03 bits per heavy atom. The second kappa shape index (κ2) is 32.3. The van der Waals surface area contributed by atoms with Gasteiger partial charge in [-0.05, 0) is 273 Å². The van der Waals surface area contributed by atoms with Crippen LogP contribution in [-0.4, -0.2) is 257 Å². The number of ether oxygens (including phenoxy) is 11. The highest BCUT2D eigenvalue weighted by Crippen LogP contribution is 2.74. The number of hydrogen-bond acceptors (Lipinski definition) is 22. The molecule has 11 heterocycles. The normalized spacial score (nSPS) is 55.2. The Morgan fingerprint density at radius 1 is 0.424 bits per heavy atom. The van der Waals surface area contributed by atoms with E-state index in [1.54, 1.807) is 0 Å². The Hall–Kier alpha value is -0.880. The molecule has 41 unspecified atom stereocenters. The van der Waals surface area contributed by atoms with Gasteiger partial charge in [-0.1, -0.05) is 82.6 Å². The van der Waals surface area contributed by atoms with Gasteiger partial charge < -0.3 is 108 Å². The number of rotatable bonds is 11. The molecule has 0 amide bonds. The molecule has 676 valence electrons. The van der Waals surface area contributed by atoms with E-state index in [2.05, 4.69) is 83.1 Å². The molecule has 0 aromatic rings. The minimum Gasteiger partial charge on any atom is -0.396 e. The zero-order valence-electron chi connectivity index (χ0n) is 74.7. The van der Waals surface area contributed by atoms with E-state index in [4.69, 9.17) is 82.7 Å². The molecule has 19 saturated carbocycles. The average Bonchev–Trinajstić information content (AvgIpc) is 1.52. The van der Waals surface area contributed by atoms with Crippen LogP contribution in [0.1, 0.15) is 284 Å². The first-order valence-corrected chi connectivity index (χ1v) is 48.2. The van der Waals surface area contributed by atoms with Gasteiger partial charge in [0.2, 0.25) is 0 Å². The van der Waals surface area contributed by atoms with E-state index in [9.17, 15) is 25.5 Å². The van der Waals surface area contributed by atoms with Gasteiger partial charge in [-0.3, -0.25) is 0 Å². The van der Waals surface area contributed by atoms with Crippen molar-refractivity contribution in [2.75, 3.05) is 39.6 Å². The van der Waals surface area contributed by atoms with Crippen molar-refractivity contribution >= 4 is 0 Å². The highest BCUT2D eigenvalue weighted by Gasteiger charge is 2.77. The van der Waals surface area contributed by atoms with Gasteiger partial charge in [-0.15, -0.1) is 0 Å². The fraction of sp³-hybridized carbons (Fsp3) is 1.00. The Morgan fingerprint density at radius 3 is 1.55 bits per heavy atom. The monoisotopic (exact) mass is 1670 g/mol. The lowest BCUT2D eigenvalue weighted by molar-refractivity contribution is -0.0972. The molecule has 11 N–H and O–H groups in total. The summed E-state index contributed by atoms with van der Waals surface area (Å²) in [6, 6.07) is 0. The van der Waals surface area contributed by atoms with Crippen molar-refractivity contribution in [2.24, 2.45) is 116 Å². The van der Waals surface area contributed by atoms with Crippen LogP contribution in [0.25, 0.3) is 0 Å². The van der Waals surface area contributed by atoms with E-state index >= 15 is 0 Å². The smallest absolute Gasteiger partial charge is 0.121 e. The predicted molar refractivity (Wildman–Crippen MR) is 440 cm³/mol. The lowest BCUT2D eigenvalue weighted by atomic mass is 9.45. The summed E-state index contributed by atoms with van der Waals surface area (Å²) < 4.78 is 60.5. The largest absolute Gasteiger partial charge is 0.396 e. The van der Waals surface area contributed by atoms with E-state index in [1.165, 1.54) is 57.8 Å². The standard InChI is InChI=1S/2C11H18O2.C10H16O2.C10H18O2.C9H14O2.C9H16O2.C8H12O2.2C8H14O2.C7H12O2.C5H8O2/c1-10(2)7-5-8(10)9-11(6-7,13-9)3-4-12;1-10(2)7-5-8(10)11(3-4-12)9(6-7)13-11;1-9(2)6-3-7(9)10(5-11)8(4-6)12-10;1-9(2,11)7-4-5-10(3)8(6-7)12-10;1-9(2)4-3-5(10)6(9)8-7(4)11-8;1-3-9(10)5-4-8(2)7(6-9)11-8;9-3-5-1-4-2-6(5)8-7(4)10-8;1-5-2-7-8(10-7)3-6(5)4-9;1-2-5-3-6(9)4-7-8(5)10-7;8-4-5-1-2-6-7(3-5)9-6;6-3-1-4-5(2-3)7-4/h2*7-9,12H,3-6H2,1-2H3;6-8,11H,3-5H2,1-2H3;7-8,11H,4-6H2,1-3H3;4-8,10H,3H2,1-2H3;7,10H,3-6H2,1-2H3;4-9H,1-3H2;2*5-9H,2-4H2,1H3;5-8H,1-4H2;3-6H,1-2H2. The van der Waals surface area contributed by atoms with E-state index in [-0.39, 0.29) is 66.1 Å². The van der Waals surface area contributed by atoms with Gasteiger partial charge in [0.05, 0.1) is 157 Å². The van der Waals surface area contributed by atoms with Crippen molar-refractivity contribution < 1.29 is 108 Å². The third-order valence-corrected chi connectivity index (χ3v) is 38.4. The number of aliphatic hydroxyl groups is 11. The van der Waals surface area contributed by atoms with Crippen molar-refractivity contribution in [3.05, 3.63) is 0 Å². The predicted octanol–water partition coefficient (Wildman–Crippen LogP) is 10.9. The second-order valence-corrected chi connectivity index (χ2v) is 46.9. The summed E-state index contributed by atoms with van der Waals surface area (Å²) in [6.45, 7) is 35.1. The van der Waals surface area contributed by atoms with Crippen LogP contribution in [0.15, 0.2) is 0 Å². The van der Waals surface area contributed by atoms with Gasteiger partial charge >= 0.3 is 0 Å². The van der Waals surface area contributed by atoms with E-state index < -0.39 is 11.2 Å². The van der Waals surface area contributed by atoms with Crippen LogP contribution in [-0.2, 0) is 52.1 Å². The number of epoxide rings is 11. The Labute approximate surface area is 705 Å². The first-order chi connectivity index (χ1) is 55.7. The molecule has 22 heteroatoms. The van der Waals surface area contributed by atoms with Crippen LogP contribution in [0.2, 0.25) is 0 Å². The maximum absolute atomic E-state index is 9.91. The van der Waals surface area contributed by atoms with Crippen molar-refractivity contribution in [2.45, 2.75) is 445 Å². The quantitative estimate of drug-likeness (QED) is 0.0856. The SMILES string of the molecule is CC(C)(O)C1CCC2(C)OC2C1.CC1(C)C2CC(O)C1C1OC12.CC1(C)C2CC1C1OC1(CCO)C2.CC1(C)C2CC3OC3(CCO)C1C2.CC1(C)C2CC3OC3(CO)C1C2.CC1CC2OC2CC1CO.CCC1(O)CCC2(C)OC2C1.CCC1CC(O)CC2OC12.OC1CC2OC2C1.OCC1CC2CC1C1OC21.OCC1CCC2OC2C1. The molecule has 10 bridgehead atoms. The maximum atomic E-state index is 9.91. The molecule has 11 aliphatic heterocycles. The fourth-order valence-electron chi connectivity index (χ4n) is 28.5. The van der Waals surface area contributed by atoms with Gasteiger partial charge in [-0.2, -0.15) is 0 Å². The molecule has 11 saturated heterocycles. The van der Waals surface area contributed by atoms with Crippen molar-refractivity contribution in [1.29, 1.82) is 0 Å². The Kier molecular flexibility index (Phi) is 24.4. The molecule has 22 nitrogen and oxygen atoms in total. The third kappa shape index (κ3) is 17.1. The first kappa shape index (κ1) is 89.1. The lowest BCUT2D eigenvalue weighted by Crippen LogP contribution is -2.58. The zero-order chi connectivity index (χ0) is 84.1. The summed E-state index contributed by atoms with van der Waals surface area (Å²) >= 11 is 0. The molecule has 30 fully saturated rings. The summed E-state index contributed by atoms with van der Waals surface area (Å²) in [4.78, 5) is 0. The van der Waals surface area contributed by atoms with Crippen molar-refractivity contribution in [3.8, 4) is 0 Å². The van der Waals surface area contributed by atoms with E-state index in [1.807, 2.05) is 20.8 Å². The van der Waals surface area contributed by atoms with Crippen LogP contribution in [0, 0.1) is 116 Å². The molecule has 0 aromatic carbocycles. The topological polar surface area (TPSA) is 360 Å². The van der Waals surface area contributed by atoms with Crippen LogP contribution in [0.4, 0.5) is 0 Å². The van der Waals surface area contributed by atoms with E-state index in [0.717, 1.165) is 163 Å². The molecule has 41 atom stereocenters. The van der Waals surface area contributed by atoms with Crippen LogP contribution in [0.3, 0.4) is 0 Å². The molecular formula is C96H160O22. The average molecular weight is 1670 g/mol. The number of fused-ring (bicyclic) bond motifs is 16. The summed E-state index contributed by atoms with van der Waals surface area (Å²) in [5.41, 5.74) is 1.27. The lowest BCUT2D eigenvalue weighted by Gasteiger charge is -2.58. The van der Waals surface area contributed by atoms with E-state index in [0.29, 0.717) is 199 Å². The minimum absolute atomic E-state index is 0.0521. The molecule has 0 aromatic heterocycles. The van der Waals surface area contributed by atoms with Crippen molar-refractivity contribution in [1.82, 2.24) is 0 Å². The molecular weight excluding hydrogens is 1510 g/mol. The number of hydrogen-bond donors (Lipinski definition) is 11.